The Labute approximate surface area is 166 Å². The fourth-order valence-corrected chi connectivity index (χ4v) is 2.55. The van der Waals surface area contributed by atoms with E-state index in [0.717, 1.165) is 18.4 Å². The summed E-state index contributed by atoms with van der Waals surface area (Å²) in [7, 11) is 0. The molecule has 28 heavy (non-hydrogen) atoms. The molecule has 0 saturated carbocycles. The van der Waals surface area contributed by atoms with Crippen LogP contribution in [0, 0.1) is 18.3 Å². The van der Waals surface area contributed by atoms with Crippen molar-refractivity contribution in [1.82, 2.24) is 0 Å². The van der Waals surface area contributed by atoms with Crippen LogP contribution in [-0.4, -0.2) is 19.1 Å². The van der Waals surface area contributed by atoms with Gasteiger partial charge in [-0.1, -0.05) is 37.6 Å². The van der Waals surface area contributed by atoms with Crippen LogP contribution in [0.2, 0.25) is 0 Å². The van der Waals surface area contributed by atoms with E-state index in [1.807, 2.05) is 44.2 Å². The van der Waals surface area contributed by atoms with Crippen LogP contribution >= 0.6 is 0 Å². The lowest BCUT2D eigenvalue weighted by molar-refractivity contribution is -0.112. The molecule has 1 N–H and O–H groups in total. The van der Waals surface area contributed by atoms with Gasteiger partial charge < -0.3 is 14.8 Å². The first-order valence-corrected chi connectivity index (χ1v) is 9.47. The first-order chi connectivity index (χ1) is 13.6. The van der Waals surface area contributed by atoms with Gasteiger partial charge in [0.15, 0.2) is 11.5 Å². The molecule has 0 bridgehead atoms. The highest BCUT2D eigenvalue weighted by molar-refractivity contribution is 6.10. The Bertz CT molecular complexity index is 882. The number of amides is 1. The first-order valence-electron chi connectivity index (χ1n) is 9.47. The van der Waals surface area contributed by atoms with Gasteiger partial charge in [0.25, 0.3) is 5.91 Å². The number of nitrogens with one attached hydrogen (secondary N) is 1. The number of hydrogen-bond donors (Lipinski definition) is 1. The van der Waals surface area contributed by atoms with Crippen LogP contribution in [0.15, 0.2) is 48.0 Å². The predicted molar refractivity (Wildman–Crippen MR) is 111 cm³/mol. The minimum absolute atomic E-state index is 0.0188. The Morgan fingerprint density at radius 1 is 1.14 bits per heavy atom. The Morgan fingerprint density at radius 3 is 2.61 bits per heavy atom. The smallest absolute Gasteiger partial charge is 0.266 e. The topological polar surface area (TPSA) is 71.3 Å². The summed E-state index contributed by atoms with van der Waals surface area (Å²) in [5, 5.41) is 12.2. The highest BCUT2D eigenvalue weighted by Crippen LogP contribution is 2.29. The molecule has 0 spiro atoms. The lowest BCUT2D eigenvalue weighted by atomic mass is 10.1. The second-order valence-corrected chi connectivity index (χ2v) is 6.28. The number of hydrogen-bond acceptors (Lipinski definition) is 4. The van der Waals surface area contributed by atoms with Crippen LogP contribution in [0.25, 0.3) is 6.08 Å². The number of carbonyl (C=O) groups excluding carboxylic acids is 1. The Morgan fingerprint density at radius 2 is 1.93 bits per heavy atom. The fraction of sp³-hybridized carbons (Fsp3) is 0.304. The molecule has 0 heterocycles. The molecule has 1 amide bonds. The minimum Gasteiger partial charge on any atom is -0.490 e. The quantitative estimate of drug-likeness (QED) is 0.373. The third-order valence-electron chi connectivity index (χ3n) is 4.09. The van der Waals surface area contributed by atoms with E-state index in [0.29, 0.717) is 36.0 Å². The number of benzene rings is 2. The van der Waals surface area contributed by atoms with Gasteiger partial charge in [-0.15, -0.1) is 0 Å². The van der Waals surface area contributed by atoms with E-state index < -0.39 is 5.91 Å². The lowest BCUT2D eigenvalue weighted by Crippen LogP contribution is -2.14. The molecule has 5 heteroatoms. The SMILES string of the molecule is CCCCOc1ccc(/C=C(/C#N)C(=O)Nc2ccccc2C)cc1OCC. The zero-order valence-corrected chi connectivity index (χ0v) is 16.6. The van der Waals surface area contributed by atoms with Crippen LogP contribution < -0.4 is 14.8 Å². The Balaban J connectivity index is 2.22. The summed E-state index contributed by atoms with van der Waals surface area (Å²) in [6.07, 6.45) is 3.56. The lowest BCUT2D eigenvalue weighted by Gasteiger charge is -2.12. The third-order valence-corrected chi connectivity index (χ3v) is 4.09. The van der Waals surface area contributed by atoms with E-state index in [2.05, 4.69) is 12.2 Å². The Hall–Kier alpha value is -3.26. The number of nitriles is 1. The van der Waals surface area contributed by atoms with Gasteiger partial charge in [-0.05, 0) is 55.7 Å². The summed E-state index contributed by atoms with van der Waals surface area (Å²) in [5.74, 6) is 0.817. The van der Waals surface area contributed by atoms with Gasteiger partial charge in [-0.3, -0.25) is 4.79 Å². The maximum atomic E-state index is 12.5. The standard InChI is InChI=1S/C23H26N2O3/c1-4-6-13-28-21-12-11-18(15-22(21)27-5-2)14-19(16-24)23(26)25-20-10-8-7-9-17(20)3/h7-12,14-15H,4-6,13H2,1-3H3,(H,25,26)/b19-14-. The van der Waals surface area contributed by atoms with Gasteiger partial charge >= 0.3 is 0 Å². The molecule has 0 saturated heterocycles. The summed E-state index contributed by atoms with van der Waals surface area (Å²) in [4.78, 5) is 12.5. The summed E-state index contributed by atoms with van der Waals surface area (Å²) in [6, 6.07) is 14.8. The molecule has 0 unspecified atom stereocenters. The van der Waals surface area contributed by atoms with Crippen LogP contribution in [0.4, 0.5) is 5.69 Å². The molecule has 0 radical (unpaired) electrons. The molecule has 0 aliphatic carbocycles. The van der Waals surface area contributed by atoms with Crippen molar-refractivity contribution in [2.45, 2.75) is 33.6 Å². The molecule has 0 aromatic heterocycles. The number of para-hydroxylation sites is 1. The number of ether oxygens (including phenoxy) is 2. The van der Waals surface area contributed by atoms with Crippen LogP contribution in [0.5, 0.6) is 11.5 Å². The van der Waals surface area contributed by atoms with Crippen molar-refractivity contribution < 1.29 is 14.3 Å². The highest BCUT2D eigenvalue weighted by atomic mass is 16.5. The van der Waals surface area contributed by atoms with Crippen molar-refractivity contribution >= 4 is 17.7 Å². The van der Waals surface area contributed by atoms with Crippen molar-refractivity contribution in [3.05, 3.63) is 59.2 Å². The second kappa shape index (κ2) is 10.8. The second-order valence-electron chi connectivity index (χ2n) is 6.28. The average molecular weight is 378 g/mol. The van der Waals surface area contributed by atoms with Gasteiger partial charge in [0.05, 0.1) is 13.2 Å². The first kappa shape index (κ1) is 21.0. The molecular weight excluding hydrogens is 352 g/mol. The van der Waals surface area contributed by atoms with Gasteiger partial charge in [0.2, 0.25) is 0 Å². The van der Waals surface area contributed by atoms with Crippen molar-refractivity contribution in [1.29, 1.82) is 5.26 Å². The van der Waals surface area contributed by atoms with E-state index in [1.54, 1.807) is 24.3 Å². The summed E-state index contributed by atoms with van der Waals surface area (Å²) in [5.41, 5.74) is 2.33. The molecular formula is C23H26N2O3. The molecule has 0 atom stereocenters. The molecule has 0 aliphatic rings. The molecule has 2 aromatic carbocycles. The number of carbonyl (C=O) groups is 1. The average Bonchev–Trinajstić information content (AvgIpc) is 2.69. The van der Waals surface area contributed by atoms with Crippen molar-refractivity contribution in [2.75, 3.05) is 18.5 Å². The third kappa shape index (κ3) is 5.88. The zero-order valence-electron chi connectivity index (χ0n) is 16.6. The van der Waals surface area contributed by atoms with Gasteiger partial charge in [0, 0.05) is 5.69 Å². The van der Waals surface area contributed by atoms with E-state index in [4.69, 9.17) is 9.47 Å². The van der Waals surface area contributed by atoms with E-state index in [-0.39, 0.29) is 5.57 Å². The molecule has 5 nitrogen and oxygen atoms in total. The van der Waals surface area contributed by atoms with Crippen LogP contribution in [0.1, 0.15) is 37.8 Å². The van der Waals surface area contributed by atoms with Crippen LogP contribution in [-0.2, 0) is 4.79 Å². The van der Waals surface area contributed by atoms with Crippen LogP contribution in [0.3, 0.4) is 0 Å². The van der Waals surface area contributed by atoms with E-state index >= 15 is 0 Å². The number of unbranched alkanes of at least 4 members (excludes halogenated alkanes) is 1. The maximum Gasteiger partial charge on any atom is 0.266 e. The van der Waals surface area contributed by atoms with E-state index in [9.17, 15) is 10.1 Å². The predicted octanol–water partition coefficient (Wildman–Crippen LogP) is 5.12. The Kier molecular flexibility index (Phi) is 8.11. The monoisotopic (exact) mass is 378 g/mol. The summed E-state index contributed by atoms with van der Waals surface area (Å²) < 4.78 is 11.4. The zero-order chi connectivity index (χ0) is 20.4. The number of rotatable bonds is 9. The molecule has 2 aromatic rings. The molecule has 2 rings (SSSR count). The van der Waals surface area contributed by atoms with E-state index in [1.165, 1.54) is 0 Å². The summed E-state index contributed by atoms with van der Waals surface area (Å²) >= 11 is 0. The highest BCUT2D eigenvalue weighted by Gasteiger charge is 2.12. The number of anilines is 1. The maximum absolute atomic E-state index is 12.5. The van der Waals surface area contributed by atoms with Crippen molar-refractivity contribution in [3.63, 3.8) is 0 Å². The summed E-state index contributed by atoms with van der Waals surface area (Å²) in [6.45, 7) is 7.02. The normalized spacial score (nSPS) is 10.9. The van der Waals surface area contributed by atoms with Gasteiger partial charge in [-0.25, -0.2) is 0 Å². The fourth-order valence-electron chi connectivity index (χ4n) is 2.55. The largest absolute Gasteiger partial charge is 0.490 e. The molecule has 0 fully saturated rings. The molecule has 146 valence electrons. The van der Waals surface area contributed by atoms with Gasteiger partial charge in [0.1, 0.15) is 11.6 Å². The minimum atomic E-state index is -0.446. The van der Waals surface area contributed by atoms with Crippen molar-refractivity contribution in [3.8, 4) is 17.6 Å². The van der Waals surface area contributed by atoms with Crippen molar-refractivity contribution in [2.24, 2.45) is 0 Å². The van der Waals surface area contributed by atoms with Gasteiger partial charge in [-0.2, -0.15) is 5.26 Å². The number of nitrogens with zero attached hydrogens (tertiary/aromatic N) is 1. The number of aryl methyl sites for hydroxylation is 1. The molecule has 0 aliphatic heterocycles.